The highest BCUT2D eigenvalue weighted by molar-refractivity contribution is 6.07. The van der Waals surface area contributed by atoms with Crippen LogP contribution in [0.15, 0.2) is 170 Å². The van der Waals surface area contributed by atoms with Crippen LogP contribution in [0.25, 0.3) is 88.1 Å². The van der Waals surface area contributed by atoms with Gasteiger partial charge in [-0.1, -0.05) is 146 Å². The van der Waals surface area contributed by atoms with Gasteiger partial charge in [0.05, 0.1) is 22.4 Å². The van der Waals surface area contributed by atoms with Crippen LogP contribution in [0.2, 0.25) is 0 Å². The van der Waals surface area contributed by atoms with E-state index in [0.29, 0.717) is 0 Å². The molecule has 0 aliphatic rings. The second-order valence-electron chi connectivity index (χ2n) is 11.8. The second kappa shape index (κ2) is 10.8. The van der Waals surface area contributed by atoms with Gasteiger partial charge >= 0.3 is 0 Å². The van der Waals surface area contributed by atoms with Gasteiger partial charge in [0.2, 0.25) is 0 Å². The van der Waals surface area contributed by atoms with Crippen molar-refractivity contribution in [3.63, 3.8) is 0 Å². The maximum Gasteiger partial charge on any atom is 0.0972 e. The van der Waals surface area contributed by atoms with Gasteiger partial charge in [-0.3, -0.25) is 0 Å². The third-order valence-electron chi connectivity index (χ3n) is 9.05. The van der Waals surface area contributed by atoms with E-state index < -0.39 is 0 Å². The van der Waals surface area contributed by atoms with Gasteiger partial charge in [-0.15, -0.1) is 0 Å². The normalized spacial score (nSPS) is 11.5. The summed E-state index contributed by atoms with van der Waals surface area (Å²) in [5.74, 6) is 0. The Morgan fingerprint density at radius 1 is 0.283 bits per heavy atom. The number of nitrogens with zero attached hydrogens (tertiary/aromatic N) is 2. The van der Waals surface area contributed by atoms with Gasteiger partial charge in [0.15, 0.2) is 0 Å². The molecule has 0 saturated carbocycles. The van der Waals surface area contributed by atoms with Crippen molar-refractivity contribution in [2.24, 2.45) is 0 Å². The lowest BCUT2D eigenvalue weighted by atomic mass is 9.92. The fourth-order valence-corrected chi connectivity index (χ4v) is 6.70. The maximum atomic E-state index is 5.28. The SMILES string of the molecule is c1ccc(-c2ccc3ccc4ccc(-c5ccc(-c6cccc(-c7ccc8ccccc8c7)c6)c6ccccc56)nc4c3n2)cc1. The van der Waals surface area contributed by atoms with Crippen molar-refractivity contribution < 1.29 is 0 Å². The molecule has 0 unspecified atom stereocenters. The lowest BCUT2D eigenvalue weighted by molar-refractivity contribution is 1.37. The van der Waals surface area contributed by atoms with Crippen molar-refractivity contribution in [3.8, 4) is 44.8 Å². The number of hydrogen-bond donors (Lipinski definition) is 0. The number of benzene rings is 7. The van der Waals surface area contributed by atoms with Crippen molar-refractivity contribution >= 4 is 43.4 Å². The van der Waals surface area contributed by atoms with Gasteiger partial charge < -0.3 is 0 Å². The Kier molecular flexibility index (Phi) is 6.17. The highest BCUT2D eigenvalue weighted by atomic mass is 14.8. The molecule has 46 heavy (non-hydrogen) atoms. The van der Waals surface area contributed by atoms with E-state index in [1.165, 1.54) is 43.8 Å². The summed E-state index contributed by atoms with van der Waals surface area (Å²) in [6, 6.07) is 60.4. The molecule has 0 aliphatic heterocycles. The number of hydrogen-bond acceptors (Lipinski definition) is 2. The summed E-state index contributed by atoms with van der Waals surface area (Å²) in [5, 5.41) is 7.07. The summed E-state index contributed by atoms with van der Waals surface area (Å²) < 4.78 is 0. The van der Waals surface area contributed by atoms with Crippen molar-refractivity contribution in [3.05, 3.63) is 170 Å². The van der Waals surface area contributed by atoms with Gasteiger partial charge in [0, 0.05) is 21.9 Å². The minimum atomic E-state index is 0.920. The lowest BCUT2D eigenvalue weighted by Gasteiger charge is -2.14. The molecule has 7 aromatic carbocycles. The van der Waals surface area contributed by atoms with Crippen molar-refractivity contribution in [2.75, 3.05) is 0 Å². The van der Waals surface area contributed by atoms with Crippen LogP contribution in [0.5, 0.6) is 0 Å². The summed E-state index contributed by atoms with van der Waals surface area (Å²) in [4.78, 5) is 10.4. The van der Waals surface area contributed by atoms with Crippen LogP contribution in [0.4, 0.5) is 0 Å². The molecule has 214 valence electrons. The summed E-state index contributed by atoms with van der Waals surface area (Å²) in [5.41, 5.74) is 10.8. The molecule has 0 spiro atoms. The zero-order valence-electron chi connectivity index (χ0n) is 25.1. The molecule has 0 aliphatic carbocycles. The molecule has 0 radical (unpaired) electrons. The van der Waals surface area contributed by atoms with Gasteiger partial charge in [-0.25, -0.2) is 9.97 Å². The molecule has 9 aromatic rings. The average molecular weight is 585 g/mol. The van der Waals surface area contributed by atoms with Gasteiger partial charge in [0.1, 0.15) is 0 Å². The van der Waals surface area contributed by atoms with Crippen molar-refractivity contribution in [1.29, 1.82) is 0 Å². The van der Waals surface area contributed by atoms with E-state index in [0.717, 1.165) is 44.3 Å². The van der Waals surface area contributed by atoms with E-state index in [1.54, 1.807) is 0 Å². The third kappa shape index (κ3) is 4.51. The van der Waals surface area contributed by atoms with E-state index in [9.17, 15) is 0 Å². The predicted octanol–water partition coefficient (Wildman–Crippen LogP) is 11.8. The van der Waals surface area contributed by atoms with Crippen LogP contribution in [-0.4, -0.2) is 9.97 Å². The average Bonchev–Trinajstić information content (AvgIpc) is 3.14. The molecule has 2 heteroatoms. The molecular formula is C44H28N2. The first kappa shape index (κ1) is 26.3. The quantitative estimate of drug-likeness (QED) is 0.192. The largest absolute Gasteiger partial charge is 0.245 e. The fourth-order valence-electron chi connectivity index (χ4n) is 6.70. The zero-order valence-corrected chi connectivity index (χ0v) is 25.1. The van der Waals surface area contributed by atoms with Crippen LogP contribution in [0, 0.1) is 0 Å². The van der Waals surface area contributed by atoms with E-state index >= 15 is 0 Å². The van der Waals surface area contributed by atoms with E-state index in [2.05, 4.69) is 164 Å². The van der Waals surface area contributed by atoms with Gasteiger partial charge in [0.25, 0.3) is 0 Å². The van der Waals surface area contributed by atoms with Crippen LogP contribution in [-0.2, 0) is 0 Å². The van der Waals surface area contributed by atoms with Crippen molar-refractivity contribution in [2.45, 2.75) is 0 Å². The lowest BCUT2D eigenvalue weighted by Crippen LogP contribution is -1.92. The molecule has 0 fully saturated rings. The standard InChI is InChI=1S/C44H28N2/c1-2-10-30(11-3-1)41-25-21-31-18-19-32-22-26-42(46-44(32)43(31)45-41)40-24-23-37(38-15-6-7-16-39(38)40)36-14-8-13-34(28-36)35-20-17-29-9-4-5-12-33(29)27-35/h1-28H. The summed E-state index contributed by atoms with van der Waals surface area (Å²) >= 11 is 0. The molecule has 0 amide bonds. The Hall–Kier alpha value is -6.12. The number of fused-ring (bicyclic) bond motifs is 5. The molecule has 2 aromatic heterocycles. The molecular weight excluding hydrogens is 556 g/mol. The molecule has 2 heterocycles. The third-order valence-corrected chi connectivity index (χ3v) is 9.05. The maximum absolute atomic E-state index is 5.28. The second-order valence-corrected chi connectivity index (χ2v) is 11.8. The van der Waals surface area contributed by atoms with E-state index in [1.807, 2.05) is 6.07 Å². The monoisotopic (exact) mass is 584 g/mol. The van der Waals surface area contributed by atoms with Crippen LogP contribution < -0.4 is 0 Å². The van der Waals surface area contributed by atoms with Gasteiger partial charge in [-0.2, -0.15) is 0 Å². The Morgan fingerprint density at radius 3 is 1.63 bits per heavy atom. The molecule has 9 rings (SSSR count). The van der Waals surface area contributed by atoms with Crippen LogP contribution >= 0.6 is 0 Å². The molecule has 0 N–H and O–H groups in total. The van der Waals surface area contributed by atoms with E-state index in [-0.39, 0.29) is 0 Å². The molecule has 2 nitrogen and oxygen atoms in total. The number of aromatic nitrogens is 2. The Labute approximate surface area is 267 Å². The molecule has 0 saturated heterocycles. The van der Waals surface area contributed by atoms with E-state index in [4.69, 9.17) is 9.97 Å². The highest BCUT2D eigenvalue weighted by Crippen LogP contribution is 2.38. The summed E-state index contributed by atoms with van der Waals surface area (Å²) in [7, 11) is 0. The zero-order chi connectivity index (χ0) is 30.5. The fraction of sp³-hybridized carbons (Fsp3) is 0. The molecule has 0 atom stereocenters. The Bertz CT molecular complexity index is 2580. The molecule has 0 bridgehead atoms. The Balaban J connectivity index is 1.17. The predicted molar refractivity (Wildman–Crippen MR) is 194 cm³/mol. The Morgan fingerprint density at radius 2 is 0.826 bits per heavy atom. The summed E-state index contributed by atoms with van der Waals surface area (Å²) in [6.07, 6.45) is 0. The minimum absolute atomic E-state index is 0.920. The van der Waals surface area contributed by atoms with Crippen LogP contribution in [0.3, 0.4) is 0 Å². The first-order valence-electron chi connectivity index (χ1n) is 15.7. The first-order valence-corrected chi connectivity index (χ1v) is 15.7. The topological polar surface area (TPSA) is 25.8 Å². The van der Waals surface area contributed by atoms with Crippen molar-refractivity contribution in [1.82, 2.24) is 9.97 Å². The minimum Gasteiger partial charge on any atom is -0.245 e. The highest BCUT2D eigenvalue weighted by Gasteiger charge is 2.13. The first-order chi connectivity index (χ1) is 22.8. The number of rotatable bonds is 4. The smallest absolute Gasteiger partial charge is 0.0972 e. The summed E-state index contributed by atoms with van der Waals surface area (Å²) in [6.45, 7) is 0. The van der Waals surface area contributed by atoms with Gasteiger partial charge in [-0.05, 0) is 68.1 Å². The van der Waals surface area contributed by atoms with Crippen LogP contribution in [0.1, 0.15) is 0 Å². The number of pyridine rings is 2.